The maximum absolute atomic E-state index is 3.59. The van der Waals surface area contributed by atoms with Crippen molar-refractivity contribution in [2.45, 2.75) is 38.5 Å². The van der Waals surface area contributed by atoms with Crippen LogP contribution in [0.3, 0.4) is 0 Å². The summed E-state index contributed by atoms with van der Waals surface area (Å²) in [7, 11) is 0. The van der Waals surface area contributed by atoms with Gasteiger partial charge in [0, 0.05) is 10.7 Å². The molecule has 0 spiro atoms. The summed E-state index contributed by atoms with van der Waals surface area (Å²) in [6.45, 7) is 0. The van der Waals surface area contributed by atoms with Crippen molar-refractivity contribution < 1.29 is 0 Å². The van der Waals surface area contributed by atoms with E-state index in [1.54, 1.807) is 0 Å². The van der Waals surface area contributed by atoms with Crippen LogP contribution in [0, 0.1) is 11.8 Å². The molecule has 72 valence electrons. The Labute approximate surface area is 92.8 Å². The maximum atomic E-state index is 3.59. The third kappa shape index (κ3) is 3.78. The minimum Gasteiger partial charge on any atom is -0.0925 e. The second-order valence-corrected chi connectivity index (χ2v) is 5.20. The highest BCUT2D eigenvalue weighted by molar-refractivity contribution is 9.09. The van der Waals surface area contributed by atoms with Gasteiger partial charge in [0.25, 0.3) is 0 Å². The lowest BCUT2D eigenvalue weighted by Gasteiger charge is -2.21. The summed E-state index contributed by atoms with van der Waals surface area (Å²) in [5.74, 6) is 1.92. The summed E-state index contributed by atoms with van der Waals surface area (Å²) in [6.07, 6.45) is 8.63. The van der Waals surface area contributed by atoms with E-state index >= 15 is 0 Å². The fraction of sp³-hybridized carbons (Fsp3) is 1.00. The highest BCUT2D eigenvalue weighted by atomic mass is 79.9. The van der Waals surface area contributed by atoms with Crippen LogP contribution in [0.4, 0.5) is 0 Å². The Bertz CT molecular complexity index is 92.4. The molecule has 12 heavy (non-hydrogen) atoms. The summed E-state index contributed by atoms with van der Waals surface area (Å²) < 4.78 is 0. The van der Waals surface area contributed by atoms with Gasteiger partial charge in [-0.2, -0.15) is 0 Å². The molecule has 1 saturated carbocycles. The van der Waals surface area contributed by atoms with Gasteiger partial charge >= 0.3 is 0 Å². The first-order chi connectivity index (χ1) is 5.86. The Hall–Kier alpha value is 0.960. The molecule has 0 saturated heterocycles. The van der Waals surface area contributed by atoms with Crippen LogP contribution in [0.5, 0.6) is 0 Å². The van der Waals surface area contributed by atoms with Gasteiger partial charge in [-0.25, -0.2) is 0 Å². The largest absolute Gasteiger partial charge is 0.0925 e. The normalized spacial score (nSPS) is 32.5. The molecule has 1 rings (SSSR count). The van der Waals surface area contributed by atoms with E-state index in [9.17, 15) is 0 Å². The van der Waals surface area contributed by atoms with Crippen LogP contribution < -0.4 is 0 Å². The Balaban J connectivity index is 2.24. The molecule has 0 bridgehead atoms. The smallest absolute Gasteiger partial charge is 0.00596 e. The van der Waals surface area contributed by atoms with Gasteiger partial charge in [-0.1, -0.05) is 44.7 Å². The summed E-state index contributed by atoms with van der Waals surface area (Å²) in [6, 6.07) is 0. The zero-order chi connectivity index (χ0) is 8.81. The predicted octanol–water partition coefficient (Wildman–Crippen LogP) is 4.36. The van der Waals surface area contributed by atoms with Gasteiger partial charge in [0.1, 0.15) is 0 Å². The predicted molar refractivity (Wildman–Crippen MR) is 62.3 cm³/mol. The minimum absolute atomic E-state index is 0.960. The third-order valence-corrected chi connectivity index (χ3v) is 4.72. The highest BCUT2D eigenvalue weighted by Crippen LogP contribution is 2.27. The van der Waals surface area contributed by atoms with Gasteiger partial charge in [0.2, 0.25) is 0 Å². The van der Waals surface area contributed by atoms with Crippen LogP contribution in [0.1, 0.15) is 38.5 Å². The standard InChI is InChI=1S/C10H18Br2/c11-7-9-3-1-4-10(8-12)6-2-5-9/h9-10H,1-8H2/t9-,10+. The van der Waals surface area contributed by atoms with E-state index in [0.29, 0.717) is 0 Å². The molecule has 2 heteroatoms. The summed E-state index contributed by atoms with van der Waals surface area (Å²) in [5, 5.41) is 2.43. The van der Waals surface area contributed by atoms with E-state index in [-0.39, 0.29) is 0 Å². The molecule has 0 nitrogen and oxygen atoms in total. The first kappa shape index (κ1) is 11.0. The van der Waals surface area contributed by atoms with E-state index in [2.05, 4.69) is 31.9 Å². The van der Waals surface area contributed by atoms with Crippen molar-refractivity contribution in [1.29, 1.82) is 0 Å². The minimum atomic E-state index is 0.960. The van der Waals surface area contributed by atoms with E-state index in [0.717, 1.165) is 11.8 Å². The molecule has 1 aliphatic rings. The van der Waals surface area contributed by atoms with Crippen molar-refractivity contribution in [3.8, 4) is 0 Å². The van der Waals surface area contributed by atoms with Crippen molar-refractivity contribution in [3.63, 3.8) is 0 Å². The molecule has 0 aromatic heterocycles. The lowest BCUT2D eigenvalue weighted by Crippen LogP contribution is -2.11. The van der Waals surface area contributed by atoms with E-state index < -0.39 is 0 Å². The van der Waals surface area contributed by atoms with Crippen LogP contribution in [-0.2, 0) is 0 Å². The lowest BCUT2D eigenvalue weighted by atomic mass is 9.88. The zero-order valence-electron chi connectivity index (χ0n) is 7.57. The van der Waals surface area contributed by atoms with Crippen molar-refractivity contribution in [2.75, 3.05) is 10.7 Å². The molecule has 0 aromatic rings. The second-order valence-electron chi connectivity index (χ2n) is 3.90. The average Bonchev–Trinajstić information content (AvgIpc) is 2.05. The van der Waals surface area contributed by atoms with Crippen LogP contribution in [0.2, 0.25) is 0 Å². The van der Waals surface area contributed by atoms with Gasteiger partial charge in [-0.3, -0.25) is 0 Å². The maximum Gasteiger partial charge on any atom is 0.00596 e. The van der Waals surface area contributed by atoms with Gasteiger partial charge < -0.3 is 0 Å². The van der Waals surface area contributed by atoms with Crippen molar-refractivity contribution >= 4 is 31.9 Å². The number of hydrogen-bond acceptors (Lipinski definition) is 0. The fourth-order valence-corrected chi connectivity index (χ4v) is 3.28. The van der Waals surface area contributed by atoms with Crippen molar-refractivity contribution in [3.05, 3.63) is 0 Å². The first-order valence-electron chi connectivity index (χ1n) is 4.98. The summed E-state index contributed by atoms with van der Waals surface area (Å²) >= 11 is 7.19. The highest BCUT2D eigenvalue weighted by Gasteiger charge is 2.14. The number of hydrogen-bond donors (Lipinski definition) is 0. The SMILES string of the molecule is BrC[C@H]1CCC[C@@H](CBr)CCC1. The second kappa shape index (κ2) is 6.42. The molecule has 0 radical (unpaired) electrons. The Morgan fingerprint density at radius 1 is 0.750 bits per heavy atom. The van der Waals surface area contributed by atoms with Crippen LogP contribution in [0.25, 0.3) is 0 Å². The molecular formula is C10H18Br2. The molecule has 0 unspecified atom stereocenters. The van der Waals surface area contributed by atoms with Crippen LogP contribution in [-0.4, -0.2) is 10.7 Å². The monoisotopic (exact) mass is 296 g/mol. The Kier molecular flexibility index (Phi) is 5.90. The van der Waals surface area contributed by atoms with Gasteiger partial charge in [-0.05, 0) is 37.5 Å². The topological polar surface area (TPSA) is 0 Å². The molecular weight excluding hydrogens is 280 g/mol. The molecule has 0 heterocycles. The molecule has 0 amide bonds. The van der Waals surface area contributed by atoms with E-state index in [1.165, 1.54) is 49.2 Å². The average molecular weight is 298 g/mol. The quantitative estimate of drug-likeness (QED) is 0.664. The van der Waals surface area contributed by atoms with Gasteiger partial charge in [0.05, 0.1) is 0 Å². The number of rotatable bonds is 2. The molecule has 0 N–H and O–H groups in total. The van der Waals surface area contributed by atoms with Gasteiger partial charge in [0.15, 0.2) is 0 Å². The number of halogens is 2. The van der Waals surface area contributed by atoms with Gasteiger partial charge in [-0.15, -0.1) is 0 Å². The lowest BCUT2D eigenvalue weighted by molar-refractivity contribution is 0.355. The molecule has 0 atom stereocenters. The van der Waals surface area contributed by atoms with E-state index in [4.69, 9.17) is 0 Å². The van der Waals surface area contributed by atoms with E-state index in [1.807, 2.05) is 0 Å². The third-order valence-electron chi connectivity index (χ3n) is 2.89. The van der Waals surface area contributed by atoms with Crippen LogP contribution in [0.15, 0.2) is 0 Å². The Morgan fingerprint density at radius 2 is 1.08 bits per heavy atom. The van der Waals surface area contributed by atoms with Crippen molar-refractivity contribution in [1.82, 2.24) is 0 Å². The fourth-order valence-electron chi connectivity index (χ4n) is 1.99. The zero-order valence-corrected chi connectivity index (χ0v) is 10.7. The molecule has 1 aliphatic carbocycles. The van der Waals surface area contributed by atoms with Crippen molar-refractivity contribution in [2.24, 2.45) is 11.8 Å². The molecule has 1 fully saturated rings. The first-order valence-corrected chi connectivity index (χ1v) is 7.23. The molecule has 0 aliphatic heterocycles. The Morgan fingerprint density at radius 3 is 1.33 bits per heavy atom. The molecule has 0 aromatic carbocycles. The summed E-state index contributed by atoms with van der Waals surface area (Å²) in [4.78, 5) is 0. The number of alkyl halides is 2. The van der Waals surface area contributed by atoms with Crippen LogP contribution >= 0.6 is 31.9 Å². The summed E-state index contributed by atoms with van der Waals surface area (Å²) in [5.41, 5.74) is 0.